The molecule has 1 fully saturated rings. The van der Waals surface area contributed by atoms with Crippen LogP contribution >= 0.6 is 0 Å². The second-order valence-electron chi connectivity index (χ2n) is 7.05. The van der Waals surface area contributed by atoms with E-state index in [2.05, 4.69) is 26.3 Å². The van der Waals surface area contributed by atoms with Crippen molar-refractivity contribution in [2.24, 2.45) is 5.92 Å². The van der Waals surface area contributed by atoms with E-state index in [1.807, 2.05) is 36.5 Å². The Morgan fingerprint density at radius 1 is 1.07 bits per heavy atom. The van der Waals surface area contributed by atoms with E-state index in [1.165, 1.54) is 0 Å². The van der Waals surface area contributed by atoms with E-state index in [9.17, 15) is 5.11 Å². The summed E-state index contributed by atoms with van der Waals surface area (Å²) < 4.78 is 0. The highest BCUT2D eigenvalue weighted by atomic mass is 16.3. The van der Waals surface area contributed by atoms with Gasteiger partial charge in [0.15, 0.2) is 0 Å². The Morgan fingerprint density at radius 2 is 1.93 bits per heavy atom. The fourth-order valence-electron chi connectivity index (χ4n) is 3.68. The minimum Gasteiger partial charge on any atom is -0.396 e. The number of hydrogen-bond donors (Lipinski definition) is 2. The lowest BCUT2D eigenvalue weighted by Gasteiger charge is -2.33. The summed E-state index contributed by atoms with van der Waals surface area (Å²) in [6.45, 7) is 2.86. The number of benzene rings is 1. The fourth-order valence-corrected chi connectivity index (χ4v) is 3.68. The van der Waals surface area contributed by atoms with Gasteiger partial charge in [0, 0.05) is 44.0 Å². The van der Waals surface area contributed by atoms with Crippen LogP contribution in [0.3, 0.4) is 0 Å². The maximum Gasteiger partial charge on any atom is 0.225 e. The van der Waals surface area contributed by atoms with Crippen LogP contribution in [-0.4, -0.2) is 39.8 Å². The second-order valence-corrected chi connectivity index (χ2v) is 7.05. The van der Waals surface area contributed by atoms with Crippen LogP contribution in [0.15, 0.2) is 48.8 Å². The quantitative estimate of drug-likeness (QED) is 0.700. The first kappa shape index (κ1) is 17.7. The first-order valence-electron chi connectivity index (χ1n) is 9.59. The number of nitrogens with zero attached hydrogens (tertiary/aromatic N) is 4. The van der Waals surface area contributed by atoms with Gasteiger partial charge in [-0.15, -0.1) is 0 Å². The van der Waals surface area contributed by atoms with Crippen LogP contribution in [0.4, 0.5) is 11.8 Å². The van der Waals surface area contributed by atoms with E-state index in [0.717, 1.165) is 54.6 Å². The number of anilines is 2. The molecule has 0 radical (unpaired) electrons. The molecule has 4 rings (SSSR count). The number of aliphatic hydroxyl groups excluding tert-OH is 1. The predicted octanol–water partition coefficient (Wildman–Crippen LogP) is 3.24. The number of hydrogen-bond acceptors (Lipinski definition) is 6. The van der Waals surface area contributed by atoms with Gasteiger partial charge in [-0.1, -0.05) is 18.2 Å². The lowest BCUT2D eigenvalue weighted by atomic mass is 9.94. The Morgan fingerprint density at radius 3 is 2.70 bits per heavy atom. The highest BCUT2D eigenvalue weighted by Crippen LogP contribution is 2.30. The van der Waals surface area contributed by atoms with Crippen LogP contribution in [0.5, 0.6) is 0 Å². The molecule has 6 nitrogen and oxygen atoms in total. The molecule has 0 atom stereocenters. The third-order valence-corrected chi connectivity index (χ3v) is 5.21. The fraction of sp³-hybridized carbons (Fsp3) is 0.381. The summed E-state index contributed by atoms with van der Waals surface area (Å²) in [6, 6.07) is 12.1. The molecule has 2 aromatic heterocycles. The van der Waals surface area contributed by atoms with Crippen molar-refractivity contribution in [3.63, 3.8) is 0 Å². The Hall–Kier alpha value is -2.73. The van der Waals surface area contributed by atoms with Crippen LogP contribution in [0.25, 0.3) is 10.9 Å². The van der Waals surface area contributed by atoms with Crippen molar-refractivity contribution in [3.8, 4) is 0 Å². The number of pyridine rings is 1. The molecule has 0 spiro atoms. The summed E-state index contributed by atoms with van der Waals surface area (Å²) in [5.74, 6) is 2.25. The Bertz CT molecular complexity index is 878. The van der Waals surface area contributed by atoms with Gasteiger partial charge in [0.05, 0.1) is 5.52 Å². The molecule has 0 bridgehead atoms. The molecule has 0 saturated carbocycles. The van der Waals surface area contributed by atoms with Crippen molar-refractivity contribution >= 4 is 22.7 Å². The van der Waals surface area contributed by atoms with Gasteiger partial charge in [0.2, 0.25) is 5.95 Å². The molecule has 140 valence electrons. The molecule has 3 heterocycles. The Kier molecular flexibility index (Phi) is 5.44. The second kappa shape index (κ2) is 8.31. The molecule has 1 aliphatic heterocycles. The topological polar surface area (TPSA) is 74.2 Å². The summed E-state index contributed by atoms with van der Waals surface area (Å²) in [5, 5.41) is 13.6. The highest BCUT2D eigenvalue weighted by molar-refractivity contribution is 5.90. The molecule has 6 heteroatoms. The van der Waals surface area contributed by atoms with E-state index in [0.29, 0.717) is 18.4 Å². The summed E-state index contributed by atoms with van der Waals surface area (Å²) in [5.41, 5.74) is 2.05. The van der Waals surface area contributed by atoms with Crippen molar-refractivity contribution in [1.29, 1.82) is 0 Å². The number of aliphatic hydroxyl groups is 1. The standard InChI is InChI=1S/C21H25N5O/c27-13-9-16-7-11-26(12-8-16)20-18-5-1-2-6-19(18)24-21(25-20)23-15-17-4-3-10-22-14-17/h1-6,10,14,16,27H,7-9,11-13,15H2,(H,23,24,25). The summed E-state index contributed by atoms with van der Waals surface area (Å²) >= 11 is 0. The maximum absolute atomic E-state index is 9.19. The van der Waals surface area contributed by atoms with Gasteiger partial charge in [-0.05, 0) is 48.9 Å². The minimum absolute atomic E-state index is 0.281. The SMILES string of the molecule is OCCC1CCN(c2nc(NCc3cccnc3)nc3ccccc23)CC1. The molecule has 1 saturated heterocycles. The third-order valence-electron chi connectivity index (χ3n) is 5.21. The van der Waals surface area contributed by atoms with Crippen molar-refractivity contribution in [2.45, 2.75) is 25.8 Å². The molecule has 0 aliphatic carbocycles. The summed E-state index contributed by atoms with van der Waals surface area (Å²) in [4.78, 5) is 16.0. The van der Waals surface area contributed by atoms with E-state index in [-0.39, 0.29) is 6.61 Å². The van der Waals surface area contributed by atoms with Gasteiger partial charge in [-0.3, -0.25) is 4.98 Å². The van der Waals surface area contributed by atoms with Gasteiger partial charge < -0.3 is 15.3 Å². The third kappa shape index (κ3) is 4.17. The van der Waals surface area contributed by atoms with Crippen molar-refractivity contribution in [3.05, 3.63) is 54.4 Å². The number of rotatable bonds is 6. The largest absolute Gasteiger partial charge is 0.396 e. The first-order chi connectivity index (χ1) is 13.3. The lowest BCUT2D eigenvalue weighted by molar-refractivity contribution is 0.240. The smallest absolute Gasteiger partial charge is 0.225 e. The van der Waals surface area contributed by atoms with Crippen LogP contribution in [0, 0.1) is 5.92 Å². The van der Waals surface area contributed by atoms with Crippen LogP contribution < -0.4 is 10.2 Å². The van der Waals surface area contributed by atoms with Gasteiger partial charge in [-0.2, -0.15) is 4.98 Å². The maximum atomic E-state index is 9.19. The van der Waals surface area contributed by atoms with E-state index >= 15 is 0 Å². The number of piperidine rings is 1. The minimum atomic E-state index is 0.281. The number of fused-ring (bicyclic) bond motifs is 1. The molecule has 27 heavy (non-hydrogen) atoms. The summed E-state index contributed by atoms with van der Waals surface area (Å²) in [6.07, 6.45) is 6.71. The zero-order valence-electron chi connectivity index (χ0n) is 15.4. The highest BCUT2D eigenvalue weighted by Gasteiger charge is 2.22. The zero-order chi connectivity index (χ0) is 18.5. The van der Waals surface area contributed by atoms with Crippen LogP contribution in [0.1, 0.15) is 24.8 Å². The van der Waals surface area contributed by atoms with E-state index < -0.39 is 0 Å². The first-order valence-corrected chi connectivity index (χ1v) is 9.59. The average Bonchev–Trinajstić information content (AvgIpc) is 2.73. The van der Waals surface area contributed by atoms with Gasteiger partial charge >= 0.3 is 0 Å². The van der Waals surface area contributed by atoms with Crippen LogP contribution in [-0.2, 0) is 6.54 Å². The normalized spacial score (nSPS) is 15.2. The molecular weight excluding hydrogens is 338 g/mol. The molecule has 0 amide bonds. The van der Waals surface area contributed by atoms with Crippen LogP contribution in [0.2, 0.25) is 0 Å². The Balaban J connectivity index is 1.57. The predicted molar refractivity (Wildman–Crippen MR) is 108 cm³/mol. The molecule has 3 aromatic rings. The van der Waals surface area contributed by atoms with E-state index in [4.69, 9.17) is 4.98 Å². The molecule has 0 unspecified atom stereocenters. The van der Waals surface area contributed by atoms with Gasteiger partial charge in [0.1, 0.15) is 5.82 Å². The van der Waals surface area contributed by atoms with Crippen molar-refractivity contribution < 1.29 is 5.11 Å². The average molecular weight is 363 g/mol. The molecular formula is C21H25N5O. The van der Waals surface area contributed by atoms with Crippen molar-refractivity contribution in [1.82, 2.24) is 15.0 Å². The number of nitrogens with one attached hydrogen (secondary N) is 1. The summed E-state index contributed by atoms with van der Waals surface area (Å²) in [7, 11) is 0. The van der Waals surface area contributed by atoms with Gasteiger partial charge in [-0.25, -0.2) is 4.98 Å². The van der Waals surface area contributed by atoms with E-state index in [1.54, 1.807) is 6.20 Å². The molecule has 1 aromatic carbocycles. The van der Waals surface area contributed by atoms with Crippen molar-refractivity contribution in [2.75, 3.05) is 29.9 Å². The number of para-hydroxylation sites is 1. The molecule has 1 aliphatic rings. The number of aromatic nitrogens is 3. The monoisotopic (exact) mass is 363 g/mol. The lowest BCUT2D eigenvalue weighted by Crippen LogP contribution is -2.34. The van der Waals surface area contributed by atoms with Gasteiger partial charge in [0.25, 0.3) is 0 Å². The zero-order valence-corrected chi connectivity index (χ0v) is 15.4. The molecule has 2 N–H and O–H groups in total. The Labute approximate surface area is 159 Å².